The number of tetrazole rings is 1. The van der Waals surface area contributed by atoms with Crippen molar-refractivity contribution in [3.8, 4) is 39.5 Å². The number of nitrogen functional groups attached to an aromatic ring is 1. The Morgan fingerprint density at radius 2 is 1.82 bits per heavy atom. The van der Waals surface area contributed by atoms with Gasteiger partial charge < -0.3 is 20.9 Å². The van der Waals surface area contributed by atoms with Gasteiger partial charge in [-0.15, -0.1) is 10.2 Å². The van der Waals surface area contributed by atoms with Crippen molar-refractivity contribution in [3.05, 3.63) is 71.8 Å². The Balaban J connectivity index is 1.68. The zero-order valence-electron chi connectivity index (χ0n) is 17.7. The van der Waals surface area contributed by atoms with Crippen LogP contribution in [0.25, 0.3) is 44.7 Å². The van der Waals surface area contributed by atoms with Gasteiger partial charge in [-0.05, 0) is 58.8 Å². The van der Waals surface area contributed by atoms with Crippen LogP contribution in [0.2, 0.25) is 0 Å². The number of amidine groups is 1. The number of nitrogens with two attached hydrogens (primary N) is 1. The molecule has 10 heteroatoms. The van der Waals surface area contributed by atoms with Gasteiger partial charge in [0.15, 0.2) is 0 Å². The van der Waals surface area contributed by atoms with Crippen LogP contribution >= 0.6 is 0 Å². The van der Waals surface area contributed by atoms with Crippen molar-refractivity contribution in [2.24, 2.45) is 5.73 Å². The summed E-state index contributed by atoms with van der Waals surface area (Å²) in [6.45, 7) is 0. The van der Waals surface area contributed by atoms with E-state index in [1.807, 2.05) is 24.3 Å². The minimum atomic E-state index is -0.981. The lowest BCUT2D eigenvalue weighted by Gasteiger charge is -2.13. The first-order valence-electron chi connectivity index (χ1n) is 10.3. The standard InChI is InChI=1S/C24H19N7O3/c25-23(26)14-4-5-19-16(10-14)11-20(27-19)18-7-12(8-21(32)33)6-17(22(18)34)13-2-1-3-15(9-13)24-28-30-31-29-24/h1-7,9-11,27,34H,8H2,(H3,25,26)(H,32,33)(H,28,29,30,31). The van der Waals surface area contributed by atoms with Crippen molar-refractivity contribution in [1.29, 1.82) is 5.41 Å². The molecular formula is C24H19N7O3. The van der Waals surface area contributed by atoms with Gasteiger partial charge in [0.1, 0.15) is 11.6 Å². The van der Waals surface area contributed by atoms with Crippen LogP contribution < -0.4 is 5.73 Å². The van der Waals surface area contributed by atoms with E-state index in [-0.39, 0.29) is 18.0 Å². The van der Waals surface area contributed by atoms with Gasteiger partial charge in [-0.1, -0.05) is 18.2 Å². The maximum absolute atomic E-state index is 11.5. The molecule has 2 heterocycles. The second kappa shape index (κ2) is 8.17. The Kier molecular flexibility index (Phi) is 5.02. The number of hydrogen-bond acceptors (Lipinski definition) is 6. The largest absolute Gasteiger partial charge is 0.507 e. The summed E-state index contributed by atoms with van der Waals surface area (Å²) in [6, 6.07) is 17.7. The number of nitrogens with zero attached hydrogens (tertiary/aromatic N) is 3. The van der Waals surface area contributed by atoms with Crippen molar-refractivity contribution in [1.82, 2.24) is 25.6 Å². The third-order valence-corrected chi connectivity index (χ3v) is 5.52. The summed E-state index contributed by atoms with van der Waals surface area (Å²) in [7, 11) is 0. The molecule has 0 spiro atoms. The minimum Gasteiger partial charge on any atom is -0.507 e. The molecule has 0 bridgehead atoms. The molecule has 0 aliphatic carbocycles. The number of aromatic hydroxyl groups is 1. The number of fused-ring (bicyclic) bond motifs is 1. The number of nitrogens with one attached hydrogen (secondary N) is 3. The molecule has 34 heavy (non-hydrogen) atoms. The Bertz CT molecular complexity index is 1550. The molecule has 5 aromatic rings. The molecule has 0 atom stereocenters. The van der Waals surface area contributed by atoms with Gasteiger partial charge in [-0.25, -0.2) is 0 Å². The third kappa shape index (κ3) is 3.84. The molecule has 2 aromatic heterocycles. The topological polar surface area (TPSA) is 178 Å². The van der Waals surface area contributed by atoms with Crippen molar-refractivity contribution < 1.29 is 15.0 Å². The molecule has 0 fully saturated rings. The van der Waals surface area contributed by atoms with E-state index in [9.17, 15) is 15.0 Å². The number of phenolic OH excluding ortho intramolecular Hbond substituents is 1. The molecule has 5 rings (SSSR count). The van der Waals surface area contributed by atoms with Crippen LogP contribution in [0.15, 0.2) is 60.7 Å². The zero-order chi connectivity index (χ0) is 23.8. The first-order chi connectivity index (χ1) is 16.4. The average molecular weight is 453 g/mol. The highest BCUT2D eigenvalue weighted by Crippen LogP contribution is 2.40. The van der Waals surface area contributed by atoms with Crippen molar-refractivity contribution >= 4 is 22.7 Å². The molecule has 0 saturated heterocycles. The van der Waals surface area contributed by atoms with Crippen LogP contribution in [0.1, 0.15) is 11.1 Å². The highest BCUT2D eigenvalue weighted by atomic mass is 16.4. The van der Waals surface area contributed by atoms with Gasteiger partial charge in [0.2, 0.25) is 5.82 Å². The third-order valence-electron chi connectivity index (χ3n) is 5.52. The predicted octanol–water partition coefficient (Wildman–Crippen LogP) is 3.30. The Hall–Kier alpha value is -4.99. The van der Waals surface area contributed by atoms with Crippen molar-refractivity contribution in [2.45, 2.75) is 6.42 Å². The number of aliphatic carboxylic acids is 1. The highest BCUT2D eigenvalue weighted by molar-refractivity contribution is 6.00. The molecular weight excluding hydrogens is 434 g/mol. The minimum absolute atomic E-state index is 0.00208. The Morgan fingerprint density at radius 1 is 1.03 bits per heavy atom. The maximum atomic E-state index is 11.5. The Labute approximate surface area is 192 Å². The van der Waals surface area contributed by atoms with E-state index < -0.39 is 5.97 Å². The van der Waals surface area contributed by atoms with E-state index in [4.69, 9.17) is 11.1 Å². The SMILES string of the molecule is N=C(N)c1ccc2[nH]c(-c3cc(CC(=O)O)cc(-c4cccc(-c5nn[nH]n5)c4)c3O)cc2c1. The molecule has 0 saturated carbocycles. The summed E-state index contributed by atoms with van der Waals surface area (Å²) in [5, 5.41) is 43.1. The lowest BCUT2D eigenvalue weighted by Crippen LogP contribution is -2.10. The fourth-order valence-electron chi connectivity index (χ4n) is 3.95. The molecule has 10 nitrogen and oxygen atoms in total. The fraction of sp³-hybridized carbons (Fsp3) is 0.0417. The number of carbonyl (C=O) groups is 1. The summed E-state index contributed by atoms with van der Waals surface area (Å²) in [5.41, 5.74) is 10.4. The number of benzene rings is 3. The number of phenols is 1. The van der Waals surface area contributed by atoms with Gasteiger partial charge >= 0.3 is 5.97 Å². The average Bonchev–Trinajstić information content (AvgIpc) is 3.49. The van der Waals surface area contributed by atoms with Crippen LogP contribution in [0.3, 0.4) is 0 Å². The molecule has 0 aliphatic rings. The van der Waals surface area contributed by atoms with Crippen LogP contribution in [0.4, 0.5) is 0 Å². The summed E-state index contributed by atoms with van der Waals surface area (Å²) >= 11 is 0. The monoisotopic (exact) mass is 453 g/mol. The molecule has 0 aliphatic heterocycles. The number of hydrogen-bond donors (Lipinski definition) is 6. The second-order valence-corrected chi connectivity index (χ2v) is 7.82. The van der Waals surface area contributed by atoms with Crippen LogP contribution in [-0.4, -0.2) is 47.6 Å². The first kappa shape index (κ1) is 20.9. The number of aromatic amines is 2. The summed E-state index contributed by atoms with van der Waals surface area (Å²) in [6.07, 6.45) is -0.209. The molecule has 0 radical (unpaired) electrons. The summed E-state index contributed by atoms with van der Waals surface area (Å²) in [4.78, 5) is 14.7. The normalized spacial score (nSPS) is 11.1. The van der Waals surface area contributed by atoms with Crippen LogP contribution in [0.5, 0.6) is 5.75 Å². The smallest absolute Gasteiger partial charge is 0.307 e. The predicted molar refractivity (Wildman–Crippen MR) is 126 cm³/mol. The van der Waals surface area contributed by atoms with E-state index in [2.05, 4.69) is 25.6 Å². The lowest BCUT2D eigenvalue weighted by atomic mass is 9.94. The quantitative estimate of drug-likeness (QED) is 0.169. The van der Waals surface area contributed by atoms with Gasteiger partial charge in [0, 0.05) is 33.2 Å². The van der Waals surface area contributed by atoms with E-state index in [0.29, 0.717) is 44.9 Å². The maximum Gasteiger partial charge on any atom is 0.307 e. The lowest BCUT2D eigenvalue weighted by molar-refractivity contribution is -0.136. The van der Waals surface area contributed by atoms with E-state index in [1.54, 1.807) is 36.4 Å². The fourth-order valence-corrected chi connectivity index (χ4v) is 3.95. The number of carboxylic acids is 1. The van der Waals surface area contributed by atoms with E-state index >= 15 is 0 Å². The molecule has 168 valence electrons. The van der Waals surface area contributed by atoms with Crippen LogP contribution in [-0.2, 0) is 11.2 Å². The van der Waals surface area contributed by atoms with Gasteiger partial charge in [-0.2, -0.15) is 5.21 Å². The summed E-state index contributed by atoms with van der Waals surface area (Å²) < 4.78 is 0. The molecule has 0 unspecified atom stereocenters. The van der Waals surface area contributed by atoms with E-state index in [1.165, 1.54) is 0 Å². The van der Waals surface area contributed by atoms with Crippen molar-refractivity contribution in [2.75, 3.05) is 0 Å². The second-order valence-electron chi connectivity index (χ2n) is 7.82. The number of rotatable bonds is 6. The Morgan fingerprint density at radius 3 is 2.56 bits per heavy atom. The van der Waals surface area contributed by atoms with Crippen LogP contribution in [0, 0.1) is 5.41 Å². The summed E-state index contributed by atoms with van der Waals surface area (Å²) in [5.74, 6) is -0.622. The number of carboxylic acid groups (broad SMARTS) is 1. The van der Waals surface area contributed by atoms with Gasteiger partial charge in [-0.3, -0.25) is 10.2 Å². The number of H-pyrrole nitrogens is 2. The molecule has 0 amide bonds. The molecule has 3 aromatic carbocycles. The highest BCUT2D eigenvalue weighted by Gasteiger charge is 2.17. The number of aromatic nitrogens is 5. The molecule has 7 N–H and O–H groups in total. The zero-order valence-corrected chi connectivity index (χ0v) is 17.7. The van der Waals surface area contributed by atoms with Crippen molar-refractivity contribution in [3.63, 3.8) is 0 Å². The van der Waals surface area contributed by atoms with Gasteiger partial charge in [0.05, 0.1) is 12.1 Å². The first-order valence-corrected chi connectivity index (χ1v) is 10.3. The van der Waals surface area contributed by atoms with E-state index in [0.717, 1.165) is 10.9 Å². The van der Waals surface area contributed by atoms with Gasteiger partial charge in [0.25, 0.3) is 0 Å².